The molecule has 4 N–H and O–H groups in total. The molecule has 0 radical (unpaired) electrons. The summed E-state index contributed by atoms with van der Waals surface area (Å²) < 4.78 is 0. The normalized spacial score (nSPS) is 30.6. The fraction of sp³-hybridized carbons (Fsp3) is 0.474. The van der Waals surface area contributed by atoms with Gasteiger partial charge in [-0.3, -0.25) is 10.2 Å². The summed E-state index contributed by atoms with van der Waals surface area (Å²) in [6.45, 7) is 0.605. The van der Waals surface area contributed by atoms with Gasteiger partial charge in [0.25, 0.3) is 5.91 Å². The SMILES string of the molecule is O=C1NCC(c2ccc(Cl)cc2)Cc2[nH]c(C3NNC4CCCC43)nc21. The molecule has 1 amide bonds. The van der Waals surface area contributed by atoms with Gasteiger partial charge in [0, 0.05) is 29.2 Å². The minimum Gasteiger partial charge on any atom is -0.350 e. The maximum atomic E-state index is 12.5. The average molecular weight is 372 g/mol. The van der Waals surface area contributed by atoms with Crippen molar-refractivity contribution < 1.29 is 4.79 Å². The van der Waals surface area contributed by atoms with Gasteiger partial charge in [-0.25, -0.2) is 10.4 Å². The third kappa shape index (κ3) is 2.73. The van der Waals surface area contributed by atoms with Crippen LogP contribution in [0.5, 0.6) is 0 Å². The molecule has 1 saturated carbocycles. The number of imidazole rings is 1. The van der Waals surface area contributed by atoms with Crippen molar-refractivity contribution in [3.05, 3.63) is 52.1 Å². The van der Waals surface area contributed by atoms with Crippen LogP contribution < -0.4 is 16.2 Å². The van der Waals surface area contributed by atoms with Crippen molar-refractivity contribution in [1.82, 2.24) is 26.1 Å². The number of hydrogen-bond acceptors (Lipinski definition) is 4. The Morgan fingerprint density at radius 1 is 1.12 bits per heavy atom. The van der Waals surface area contributed by atoms with Crippen LogP contribution >= 0.6 is 11.6 Å². The third-order valence-corrected chi connectivity index (χ3v) is 6.28. The topological polar surface area (TPSA) is 81.8 Å². The van der Waals surface area contributed by atoms with Crippen LogP contribution in [0.3, 0.4) is 0 Å². The van der Waals surface area contributed by atoms with Crippen molar-refractivity contribution in [3.63, 3.8) is 0 Å². The lowest BCUT2D eigenvalue weighted by molar-refractivity contribution is 0.0950. The summed E-state index contributed by atoms with van der Waals surface area (Å²) in [7, 11) is 0. The number of rotatable bonds is 2. The molecule has 2 aliphatic heterocycles. The van der Waals surface area contributed by atoms with E-state index in [1.54, 1.807) is 0 Å². The number of fused-ring (bicyclic) bond motifs is 2. The van der Waals surface area contributed by atoms with Gasteiger partial charge in [0.05, 0.1) is 6.04 Å². The third-order valence-electron chi connectivity index (χ3n) is 6.03. The van der Waals surface area contributed by atoms with Crippen LogP contribution in [0.1, 0.15) is 58.8 Å². The molecule has 4 unspecified atom stereocenters. The summed E-state index contributed by atoms with van der Waals surface area (Å²) >= 11 is 6.01. The molecule has 2 fully saturated rings. The second-order valence-electron chi connectivity index (χ2n) is 7.58. The van der Waals surface area contributed by atoms with E-state index in [-0.39, 0.29) is 17.9 Å². The molecular formula is C19H22ClN5O. The molecule has 3 aliphatic rings. The van der Waals surface area contributed by atoms with Gasteiger partial charge < -0.3 is 10.3 Å². The van der Waals surface area contributed by atoms with Crippen LogP contribution in [0, 0.1) is 5.92 Å². The first-order chi connectivity index (χ1) is 12.7. The number of benzene rings is 1. The van der Waals surface area contributed by atoms with Crippen molar-refractivity contribution in [2.75, 3.05) is 6.54 Å². The zero-order valence-electron chi connectivity index (χ0n) is 14.4. The van der Waals surface area contributed by atoms with E-state index in [0.717, 1.165) is 23.0 Å². The molecule has 136 valence electrons. The standard InChI is InChI=1S/C19H22ClN5O/c20-12-6-4-10(5-7-12)11-8-15-17(19(26)21-9-11)23-18(22-15)16-13-2-1-3-14(13)24-25-16/h4-7,11,13-14,16,24-25H,1-3,8-9H2,(H,21,26)(H,22,23). The molecular weight excluding hydrogens is 350 g/mol. The summed E-state index contributed by atoms with van der Waals surface area (Å²) in [4.78, 5) is 20.7. The zero-order chi connectivity index (χ0) is 17.7. The molecule has 6 nitrogen and oxygen atoms in total. The van der Waals surface area contributed by atoms with E-state index in [4.69, 9.17) is 11.6 Å². The molecule has 1 saturated heterocycles. The van der Waals surface area contributed by atoms with Crippen LogP contribution in [-0.2, 0) is 6.42 Å². The van der Waals surface area contributed by atoms with E-state index < -0.39 is 0 Å². The molecule has 2 aromatic rings. The lowest BCUT2D eigenvalue weighted by Gasteiger charge is -2.16. The summed E-state index contributed by atoms with van der Waals surface area (Å²) in [6.07, 6.45) is 4.41. The molecule has 1 aromatic heterocycles. The predicted molar refractivity (Wildman–Crippen MR) is 99.0 cm³/mol. The number of carbonyl (C=O) groups is 1. The van der Waals surface area contributed by atoms with Gasteiger partial charge in [0.15, 0.2) is 0 Å². The monoisotopic (exact) mass is 371 g/mol. The Morgan fingerprint density at radius 3 is 2.81 bits per heavy atom. The highest BCUT2D eigenvalue weighted by Crippen LogP contribution is 2.39. The molecule has 1 aromatic carbocycles. The zero-order valence-corrected chi connectivity index (χ0v) is 15.1. The Bertz CT molecular complexity index is 833. The van der Waals surface area contributed by atoms with E-state index in [9.17, 15) is 4.79 Å². The fourth-order valence-electron chi connectivity index (χ4n) is 4.64. The lowest BCUT2D eigenvalue weighted by atomic mass is 9.94. The summed E-state index contributed by atoms with van der Waals surface area (Å²) in [5.41, 5.74) is 9.41. The fourth-order valence-corrected chi connectivity index (χ4v) is 4.77. The van der Waals surface area contributed by atoms with Gasteiger partial charge in [-0.2, -0.15) is 0 Å². The van der Waals surface area contributed by atoms with Gasteiger partial charge in [0.2, 0.25) is 0 Å². The van der Waals surface area contributed by atoms with Crippen molar-refractivity contribution in [2.24, 2.45) is 5.92 Å². The average Bonchev–Trinajstić information content (AvgIpc) is 3.32. The molecule has 0 spiro atoms. The Morgan fingerprint density at radius 2 is 1.96 bits per heavy atom. The summed E-state index contributed by atoms with van der Waals surface area (Å²) in [6, 6.07) is 8.53. The minimum absolute atomic E-state index is 0.0899. The van der Waals surface area contributed by atoms with Gasteiger partial charge in [0.1, 0.15) is 11.5 Å². The number of hydrogen-bond donors (Lipinski definition) is 4. The summed E-state index contributed by atoms with van der Waals surface area (Å²) in [5.74, 6) is 1.54. The smallest absolute Gasteiger partial charge is 0.271 e. The van der Waals surface area contributed by atoms with Crippen molar-refractivity contribution in [1.29, 1.82) is 0 Å². The predicted octanol–water partition coefficient (Wildman–Crippen LogP) is 2.45. The molecule has 3 heterocycles. The van der Waals surface area contributed by atoms with Crippen molar-refractivity contribution >= 4 is 17.5 Å². The van der Waals surface area contributed by atoms with E-state index in [1.807, 2.05) is 24.3 Å². The van der Waals surface area contributed by atoms with Gasteiger partial charge >= 0.3 is 0 Å². The Kier molecular flexibility index (Phi) is 3.99. The van der Waals surface area contributed by atoms with E-state index in [0.29, 0.717) is 24.2 Å². The van der Waals surface area contributed by atoms with E-state index in [2.05, 4.69) is 26.1 Å². The van der Waals surface area contributed by atoms with Crippen LogP contribution in [0.4, 0.5) is 0 Å². The number of aromatic nitrogens is 2. The van der Waals surface area contributed by atoms with Gasteiger partial charge in [-0.05, 0) is 42.9 Å². The maximum Gasteiger partial charge on any atom is 0.271 e. The number of halogens is 1. The largest absolute Gasteiger partial charge is 0.350 e. The molecule has 5 rings (SSSR count). The van der Waals surface area contributed by atoms with E-state index in [1.165, 1.54) is 24.8 Å². The first kappa shape index (κ1) is 16.3. The second-order valence-corrected chi connectivity index (χ2v) is 8.02. The number of carbonyl (C=O) groups excluding carboxylic acids is 1. The van der Waals surface area contributed by atoms with Crippen LogP contribution in [-0.4, -0.2) is 28.5 Å². The second kappa shape index (κ2) is 6.37. The van der Waals surface area contributed by atoms with Crippen molar-refractivity contribution in [2.45, 2.75) is 43.7 Å². The molecule has 0 bridgehead atoms. The summed E-state index contributed by atoms with van der Waals surface area (Å²) in [5, 5.41) is 3.75. The quantitative estimate of drug-likeness (QED) is 0.653. The Labute approximate surface area is 157 Å². The Hall–Kier alpha value is -1.89. The van der Waals surface area contributed by atoms with E-state index >= 15 is 0 Å². The number of aromatic amines is 1. The molecule has 7 heteroatoms. The number of H-pyrrole nitrogens is 1. The highest BCUT2D eigenvalue weighted by Gasteiger charge is 2.41. The lowest BCUT2D eigenvalue weighted by Crippen LogP contribution is -2.30. The molecule has 26 heavy (non-hydrogen) atoms. The number of amides is 1. The molecule has 1 aliphatic carbocycles. The van der Waals surface area contributed by atoms with Crippen LogP contribution in [0.2, 0.25) is 5.02 Å². The molecule has 4 atom stereocenters. The first-order valence-electron chi connectivity index (χ1n) is 9.32. The van der Waals surface area contributed by atoms with Gasteiger partial charge in [-0.1, -0.05) is 30.2 Å². The Balaban J connectivity index is 1.44. The van der Waals surface area contributed by atoms with Gasteiger partial charge in [-0.15, -0.1) is 0 Å². The minimum atomic E-state index is -0.0899. The number of nitrogens with one attached hydrogen (secondary N) is 4. The number of hydrazine groups is 1. The number of nitrogens with zero attached hydrogens (tertiary/aromatic N) is 1. The van der Waals surface area contributed by atoms with Crippen LogP contribution in [0.25, 0.3) is 0 Å². The highest BCUT2D eigenvalue weighted by atomic mass is 35.5. The van der Waals surface area contributed by atoms with Crippen molar-refractivity contribution in [3.8, 4) is 0 Å². The first-order valence-corrected chi connectivity index (χ1v) is 9.70. The van der Waals surface area contributed by atoms with Crippen LogP contribution in [0.15, 0.2) is 24.3 Å². The highest BCUT2D eigenvalue weighted by molar-refractivity contribution is 6.30. The maximum absolute atomic E-state index is 12.5.